The van der Waals surface area contributed by atoms with Crippen LogP contribution in [0, 0.1) is 35.3 Å². The SMILES string of the molecule is CCCN(CCC)C(=O)c1cc(C)cc(C(=O)N[C@@H](Cc2cc(F)cc(F)c2)[C@H](O)CNC2CC3CCC2(C)C3(C)C)c1. The Labute approximate surface area is 255 Å². The molecule has 236 valence electrons. The van der Waals surface area contributed by atoms with E-state index >= 15 is 0 Å². The Hall–Kier alpha value is -2.84. The van der Waals surface area contributed by atoms with E-state index in [0.717, 1.165) is 37.3 Å². The molecule has 2 bridgehead atoms. The van der Waals surface area contributed by atoms with Crippen molar-refractivity contribution in [2.75, 3.05) is 19.6 Å². The number of hydrogen-bond acceptors (Lipinski definition) is 4. The number of carbonyl (C=O) groups is 2. The van der Waals surface area contributed by atoms with Gasteiger partial charge in [0.25, 0.3) is 11.8 Å². The zero-order valence-corrected chi connectivity index (χ0v) is 26.6. The van der Waals surface area contributed by atoms with Gasteiger partial charge >= 0.3 is 0 Å². The fraction of sp³-hybridized carbons (Fsp3) is 0.600. The van der Waals surface area contributed by atoms with Crippen LogP contribution in [-0.4, -0.2) is 59.6 Å². The molecule has 2 saturated carbocycles. The minimum Gasteiger partial charge on any atom is -0.390 e. The molecule has 6 nitrogen and oxygen atoms in total. The number of nitrogens with one attached hydrogen (secondary N) is 2. The zero-order valence-electron chi connectivity index (χ0n) is 26.6. The molecular formula is C35H49F2N3O3. The maximum Gasteiger partial charge on any atom is 0.253 e. The summed E-state index contributed by atoms with van der Waals surface area (Å²) in [5.41, 5.74) is 2.15. The lowest BCUT2D eigenvalue weighted by Crippen LogP contribution is -2.52. The van der Waals surface area contributed by atoms with Crippen molar-refractivity contribution in [3.05, 3.63) is 70.3 Å². The van der Waals surface area contributed by atoms with Crippen LogP contribution in [-0.2, 0) is 6.42 Å². The van der Waals surface area contributed by atoms with Crippen molar-refractivity contribution < 1.29 is 23.5 Å². The highest BCUT2D eigenvalue weighted by atomic mass is 19.1. The summed E-state index contributed by atoms with van der Waals surface area (Å²) in [4.78, 5) is 28.7. The number of fused-ring (bicyclic) bond motifs is 2. The van der Waals surface area contributed by atoms with Crippen molar-refractivity contribution in [1.29, 1.82) is 0 Å². The van der Waals surface area contributed by atoms with E-state index in [4.69, 9.17) is 0 Å². The van der Waals surface area contributed by atoms with E-state index in [1.807, 2.05) is 20.8 Å². The lowest BCUT2D eigenvalue weighted by Gasteiger charge is -2.40. The molecule has 5 atom stereocenters. The van der Waals surface area contributed by atoms with Crippen molar-refractivity contribution in [3.8, 4) is 0 Å². The van der Waals surface area contributed by atoms with Crippen LogP contribution in [0.4, 0.5) is 8.78 Å². The number of carbonyl (C=O) groups excluding carboxylic acids is 2. The van der Waals surface area contributed by atoms with Gasteiger partial charge in [-0.25, -0.2) is 8.78 Å². The lowest BCUT2D eigenvalue weighted by molar-refractivity contribution is 0.0755. The fourth-order valence-corrected chi connectivity index (χ4v) is 7.51. The van der Waals surface area contributed by atoms with E-state index in [-0.39, 0.29) is 35.7 Å². The van der Waals surface area contributed by atoms with E-state index < -0.39 is 29.7 Å². The second kappa shape index (κ2) is 13.4. The summed E-state index contributed by atoms with van der Waals surface area (Å²) >= 11 is 0. The number of aliphatic hydroxyl groups excluding tert-OH is 1. The molecule has 8 heteroatoms. The predicted molar refractivity (Wildman–Crippen MR) is 166 cm³/mol. The molecule has 0 aliphatic heterocycles. The van der Waals surface area contributed by atoms with Gasteiger partial charge in [0.15, 0.2) is 0 Å². The van der Waals surface area contributed by atoms with Gasteiger partial charge in [-0.3, -0.25) is 9.59 Å². The number of hydrogen-bond donors (Lipinski definition) is 3. The molecule has 4 rings (SSSR count). The topological polar surface area (TPSA) is 81.7 Å². The summed E-state index contributed by atoms with van der Waals surface area (Å²) < 4.78 is 28.1. The van der Waals surface area contributed by atoms with Crippen molar-refractivity contribution in [3.63, 3.8) is 0 Å². The Morgan fingerprint density at radius 1 is 1.00 bits per heavy atom. The highest BCUT2D eigenvalue weighted by molar-refractivity contribution is 6.00. The molecule has 3 unspecified atom stereocenters. The van der Waals surface area contributed by atoms with E-state index in [9.17, 15) is 23.5 Å². The Balaban J connectivity index is 1.54. The van der Waals surface area contributed by atoms with Crippen LogP contribution in [0.3, 0.4) is 0 Å². The van der Waals surface area contributed by atoms with Gasteiger partial charge in [-0.1, -0.05) is 34.6 Å². The Bertz CT molecular complexity index is 1290. The summed E-state index contributed by atoms with van der Waals surface area (Å²) in [6, 6.07) is 7.74. The normalized spacial score (nSPS) is 23.7. The molecule has 3 N–H and O–H groups in total. The average Bonchev–Trinajstić information content (AvgIpc) is 3.28. The maximum atomic E-state index is 14.1. The van der Waals surface area contributed by atoms with Crippen LogP contribution in [0.1, 0.15) is 98.6 Å². The number of amides is 2. The summed E-state index contributed by atoms with van der Waals surface area (Å²) in [7, 11) is 0. The molecule has 0 aromatic heterocycles. The van der Waals surface area contributed by atoms with Gasteiger partial charge in [0.2, 0.25) is 0 Å². The van der Waals surface area contributed by atoms with E-state index in [1.165, 1.54) is 18.6 Å². The van der Waals surface area contributed by atoms with Gasteiger partial charge in [-0.15, -0.1) is 0 Å². The van der Waals surface area contributed by atoms with Crippen LogP contribution in [0.15, 0.2) is 36.4 Å². The molecule has 2 amide bonds. The van der Waals surface area contributed by atoms with Gasteiger partial charge < -0.3 is 20.6 Å². The maximum absolute atomic E-state index is 14.1. The van der Waals surface area contributed by atoms with E-state index in [2.05, 4.69) is 31.4 Å². The number of halogens is 2. The van der Waals surface area contributed by atoms with Gasteiger partial charge in [0.1, 0.15) is 11.6 Å². The molecule has 2 fully saturated rings. The van der Waals surface area contributed by atoms with Gasteiger partial charge in [-0.05, 0) is 104 Å². The molecule has 43 heavy (non-hydrogen) atoms. The van der Waals surface area contributed by atoms with Crippen LogP contribution in [0.25, 0.3) is 0 Å². The first-order chi connectivity index (χ1) is 20.3. The zero-order chi connectivity index (χ0) is 31.5. The summed E-state index contributed by atoms with van der Waals surface area (Å²) in [6.45, 7) is 14.3. The highest BCUT2D eigenvalue weighted by Gasteiger charge is 2.61. The molecule has 2 aliphatic carbocycles. The second-order valence-electron chi connectivity index (χ2n) is 13.6. The third-order valence-electron chi connectivity index (χ3n) is 10.4. The fourth-order valence-electron chi connectivity index (χ4n) is 7.51. The van der Waals surface area contributed by atoms with Crippen molar-refractivity contribution in [1.82, 2.24) is 15.5 Å². The third-order valence-corrected chi connectivity index (χ3v) is 10.4. The van der Waals surface area contributed by atoms with Crippen LogP contribution in [0.5, 0.6) is 0 Å². The number of rotatable bonds is 13. The number of aryl methyl sites for hydroxylation is 1. The highest BCUT2D eigenvalue weighted by Crippen LogP contribution is 2.65. The molecule has 0 spiro atoms. The first-order valence-electron chi connectivity index (χ1n) is 15.9. The predicted octanol–water partition coefficient (Wildman–Crippen LogP) is 6.04. The van der Waals surface area contributed by atoms with Crippen LogP contribution < -0.4 is 10.6 Å². The average molecular weight is 598 g/mol. The quantitative estimate of drug-likeness (QED) is 0.263. The number of nitrogens with zero attached hydrogens (tertiary/aromatic N) is 1. The summed E-state index contributed by atoms with van der Waals surface area (Å²) in [6.07, 6.45) is 4.06. The standard InChI is InChI=1S/C35H49F2N3O3/c1-7-11-40(12-8-2)33(43)25-14-22(3)13-24(18-25)32(42)39-29(17-23-15-27(36)20-28(37)16-23)30(41)21-38-31-19-26-9-10-35(31,6)34(26,4)5/h13-16,18,20,26,29-31,38,41H,7-12,17,19,21H2,1-6H3,(H,39,42)/t26?,29-,30+,31?,35?/m0/s1. The Morgan fingerprint density at radius 2 is 1.63 bits per heavy atom. The largest absolute Gasteiger partial charge is 0.390 e. The number of benzene rings is 2. The van der Waals surface area contributed by atoms with Gasteiger partial charge in [0, 0.05) is 42.9 Å². The first-order valence-corrected chi connectivity index (χ1v) is 15.9. The molecular weight excluding hydrogens is 548 g/mol. The third kappa shape index (κ3) is 7.12. The Kier molecular flexibility index (Phi) is 10.3. The Morgan fingerprint density at radius 3 is 2.19 bits per heavy atom. The number of aliphatic hydroxyl groups is 1. The molecule has 0 heterocycles. The van der Waals surface area contributed by atoms with E-state index in [0.29, 0.717) is 35.7 Å². The minimum atomic E-state index is -1.02. The first kappa shape index (κ1) is 33.1. The van der Waals surface area contributed by atoms with Crippen LogP contribution >= 0.6 is 0 Å². The van der Waals surface area contributed by atoms with E-state index in [1.54, 1.807) is 23.1 Å². The summed E-state index contributed by atoms with van der Waals surface area (Å²) in [5, 5.41) is 17.9. The smallest absolute Gasteiger partial charge is 0.253 e. The molecule has 0 radical (unpaired) electrons. The molecule has 0 saturated heterocycles. The minimum absolute atomic E-state index is 0.0394. The monoisotopic (exact) mass is 597 g/mol. The molecule has 2 aromatic carbocycles. The van der Waals surface area contributed by atoms with Gasteiger partial charge in [0.05, 0.1) is 12.1 Å². The molecule has 2 aromatic rings. The molecule has 2 aliphatic rings. The second-order valence-corrected chi connectivity index (χ2v) is 13.6. The van der Waals surface area contributed by atoms with Crippen molar-refractivity contribution in [2.45, 2.75) is 98.3 Å². The van der Waals surface area contributed by atoms with Crippen molar-refractivity contribution >= 4 is 11.8 Å². The van der Waals surface area contributed by atoms with Gasteiger partial charge in [-0.2, -0.15) is 0 Å². The van der Waals surface area contributed by atoms with Crippen LogP contribution in [0.2, 0.25) is 0 Å². The van der Waals surface area contributed by atoms with Crippen molar-refractivity contribution in [2.24, 2.45) is 16.7 Å². The lowest BCUT2D eigenvalue weighted by atomic mass is 9.69. The summed E-state index contributed by atoms with van der Waals surface area (Å²) in [5.74, 6) is -1.38.